The molecule has 3 heteroatoms. The molecule has 0 amide bonds. The maximum atomic E-state index is 9.82. The summed E-state index contributed by atoms with van der Waals surface area (Å²) in [5.74, 6) is 1.82. The van der Waals surface area contributed by atoms with E-state index in [9.17, 15) is 5.11 Å². The molecular weight excluding hydrogens is 234 g/mol. The molecule has 1 aliphatic heterocycles. The normalized spacial score (nSPS) is 21.3. The van der Waals surface area contributed by atoms with Gasteiger partial charge in [-0.25, -0.2) is 0 Å². The second-order valence-corrected chi connectivity index (χ2v) is 5.67. The number of halogens is 1. The van der Waals surface area contributed by atoms with Crippen LogP contribution in [0.15, 0.2) is 18.2 Å². The van der Waals surface area contributed by atoms with Crippen molar-refractivity contribution in [3.63, 3.8) is 0 Å². The van der Waals surface area contributed by atoms with Gasteiger partial charge in [-0.05, 0) is 36.9 Å². The molecule has 0 bridgehead atoms. The highest BCUT2D eigenvalue weighted by Gasteiger charge is 2.25. The minimum atomic E-state index is 0.311. The van der Waals surface area contributed by atoms with Crippen LogP contribution in [-0.4, -0.2) is 23.1 Å². The second kappa shape index (κ2) is 5.28. The van der Waals surface area contributed by atoms with Crippen molar-refractivity contribution < 1.29 is 5.11 Å². The topological polar surface area (TPSA) is 23.5 Å². The molecule has 0 aromatic heterocycles. The van der Waals surface area contributed by atoms with Crippen molar-refractivity contribution in [3.8, 4) is 5.75 Å². The van der Waals surface area contributed by atoms with Crippen LogP contribution in [0.5, 0.6) is 5.75 Å². The smallest absolute Gasteiger partial charge is 0.121 e. The molecule has 1 N–H and O–H groups in total. The zero-order valence-electron chi connectivity index (χ0n) is 10.5. The zero-order chi connectivity index (χ0) is 12.4. The number of hydrogen-bond acceptors (Lipinski definition) is 2. The van der Waals surface area contributed by atoms with E-state index in [4.69, 9.17) is 11.6 Å². The van der Waals surface area contributed by atoms with Gasteiger partial charge in [0.25, 0.3) is 0 Å². The molecule has 0 spiro atoms. The van der Waals surface area contributed by atoms with Gasteiger partial charge >= 0.3 is 0 Å². The predicted octanol–water partition coefficient (Wildman–Crippen LogP) is 3.52. The van der Waals surface area contributed by atoms with Gasteiger partial charge in [0.2, 0.25) is 0 Å². The van der Waals surface area contributed by atoms with Crippen LogP contribution in [0.25, 0.3) is 0 Å². The summed E-state index contributed by atoms with van der Waals surface area (Å²) in [4.78, 5) is 2.38. The van der Waals surface area contributed by atoms with Gasteiger partial charge in [-0.3, -0.25) is 4.90 Å². The van der Waals surface area contributed by atoms with E-state index in [0.717, 1.165) is 37.0 Å². The van der Waals surface area contributed by atoms with Crippen LogP contribution < -0.4 is 0 Å². The highest BCUT2D eigenvalue weighted by atomic mass is 35.5. The third kappa shape index (κ3) is 2.93. The number of likely N-dealkylation sites (tertiary alicyclic amines) is 1. The fraction of sp³-hybridized carbons (Fsp3) is 0.571. The Kier molecular flexibility index (Phi) is 3.95. The number of phenolic OH excluding ortho intramolecular Hbond substituents is 1. The van der Waals surface area contributed by atoms with Crippen molar-refractivity contribution in [1.29, 1.82) is 0 Å². The first-order valence-electron chi connectivity index (χ1n) is 6.26. The molecule has 94 valence electrons. The fourth-order valence-corrected chi connectivity index (χ4v) is 2.71. The van der Waals surface area contributed by atoms with Gasteiger partial charge in [-0.2, -0.15) is 0 Å². The van der Waals surface area contributed by atoms with Crippen LogP contribution in [-0.2, 0) is 6.54 Å². The number of phenols is 1. The summed E-state index contributed by atoms with van der Waals surface area (Å²) in [6.07, 6.45) is 1.25. The Morgan fingerprint density at radius 2 is 2.24 bits per heavy atom. The summed E-state index contributed by atoms with van der Waals surface area (Å²) >= 11 is 6.12. The van der Waals surface area contributed by atoms with Crippen molar-refractivity contribution in [1.82, 2.24) is 4.90 Å². The van der Waals surface area contributed by atoms with Crippen molar-refractivity contribution in [2.45, 2.75) is 26.8 Å². The van der Waals surface area contributed by atoms with E-state index >= 15 is 0 Å². The van der Waals surface area contributed by atoms with Crippen LogP contribution >= 0.6 is 11.6 Å². The predicted molar refractivity (Wildman–Crippen MR) is 71.3 cm³/mol. The van der Waals surface area contributed by atoms with Crippen LogP contribution in [0.3, 0.4) is 0 Å². The van der Waals surface area contributed by atoms with Crippen molar-refractivity contribution in [3.05, 3.63) is 28.8 Å². The Hall–Kier alpha value is -0.730. The van der Waals surface area contributed by atoms with Crippen molar-refractivity contribution in [2.75, 3.05) is 13.1 Å². The molecule has 1 aliphatic rings. The number of benzene rings is 1. The summed E-state index contributed by atoms with van der Waals surface area (Å²) < 4.78 is 0. The quantitative estimate of drug-likeness (QED) is 0.891. The van der Waals surface area contributed by atoms with Crippen molar-refractivity contribution >= 4 is 11.6 Å². The average Bonchev–Trinajstić information content (AvgIpc) is 2.72. The third-order valence-corrected chi connectivity index (χ3v) is 4.08. The molecule has 1 atom stereocenters. The molecule has 0 radical (unpaired) electrons. The first-order chi connectivity index (χ1) is 8.08. The van der Waals surface area contributed by atoms with Crippen LogP contribution in [0.1, 0.15) is 25.8 Å². The maximum absolute atomic E-state index is 9.82. The van der Waals surface area contributed by atoms with Gasteiger partial charge in [-0.15, -0.1) is 0 Å². The molecule has 1 saturated heterocycles. The summed E-state index contributed by atoms with van der Waals surface area (Å²) in [5.41, 5.74) is 0.860. The molecule has 1 fully saturated rings. The summed E-state index contributed by atoms with van der Waals surface area (Å²) in [7, 11) is 0. The average molecular weight is 254 g/mol. The highest BCUT2D eigenvalue weighted by molar-refractivity contribution is 6.31. The number of nitrogens with zero attached hydrogens (tertiary/aromatic N) is 1. The molecule has 0 saturated carbocycles. The van der Waals surface area contributed by atoms with E-state index in [-0.39, 0.29) is 0 Å². The zero-order valence-corrected chi connectivity index (χ0v) is 11.2. The Morgan fingerprint density at radius 1 is 1.47 bits per heavy atom. The second-order valence-electron chi connectivity index (χ2n) is 5.27. The van der Waals surface area contributed by atoms with Gasteiger partial charge < -0.3 is 5.11 Å². The van der Waals surface area contributed by atoms with E-state index in [2.05, 4.69) is 18.7 Å². The summed E-state index contributed by atoms with van der Waals surface area (Å²) in [5, 5.41) is 10.5. The van der Waals surface area contributed by atoms with E-state index in [1.807, 2.05) is 6.07 Å². The first-order valence-corrected chi connectivity index (χ1v) is 6.64. The van der Waals surface area contributed by atoms with E-state index < -0.39 is 0 Å². The van der Waals surface area contributed by atoms with Crippen LogP contribution in [0.4, 0.5) is 0 Å². The lowest BCUT2D eigenvalue weighted by molar-refractivity contribution is 0.292. The molecule has 2 rings (SSSR count). The minimum Gasteiger partial charge on any atom is -0.508 e. The van der Waals surface area contributed by atoms with E-state index in [0.29, 0.717) is 10.8 Å². The fourth-order valence-electron chi connectivity index (χ4n) is 2.48. The van der Waals surface area contributed by atoms with Gasteiger partial charge in [0.1, 0.15) is 5.75 Å². The first kappa shape index (κ1) is 12.7. The number of aromatic hydroxyl groups is 1. The van der Waals surface area contributed by atoms with Gasteiger partial charge in [-0.1, -0.05) is 31.5 Å². The molecule has 1 aromatic rings. The molecule has 1 aromatic carbocycles. The SMILES string of the molecule is CC(C)C1CCN(Cc2c(O)cccc2Cl)C1. The molecule has 17 heavy (non-hydrogen) atoms. The van der Waals surface area contributed by atoms with Crippen LogP contribution in [0.2, 0.25) is 5.02 Å². The molecular formula is C14H20ClNO. The highest BCUT2D eigenvalue weighted by Crippen LogP contribution is 2.30. The maximum Gasteiger partial charge on any atom is 0.121 e. The minimum absolute atomic E-state index is 0.311. The molecule has 0 aliphatic carbocycles. The Balaban J connectivity index is 2.03. The Morgan fingerprint density at radius 3 is 2.82 bits per heavy atom. The lowest BCUT2D eigenvalue weighted by Crippen LogP contribution is -2.21. The Bertz CT molecular complexity index is 372. The molecule has 1 heterocycles. The standard InChI is InChI=1S/C14H20ClNO/c1-10(2)11-6-7-16(8-11)9-12-13(15)4-3-5-14(12)17/h3-5,10-11,17H,6-9H2,1-2H3. The summed E-state index contributed by atoms with van der Waals surface area (Å²) in [6.45, 7) is 7.53. The van der Waals surface area contributed by atoms with Gasteiger partial charge in [0.05, 0.1) is 0 Å². The van der Waals surface area contributed by atoms with Crippen LogP contribution in [0, 0.1) is 11.8 Å². The number of rotatable bonds is 3. The Labute approximate surface area is 108 Å². The lowest BCUT2D eigenvalue weighted by atomic mass is 9.95. The van der Waals surface area contributed by atoms with E-state index in [1.165, 1.54) is 6.42 Å². The van der Waals surface area contributed by atoms with E-state index in [1.54, 1.807) is 12.1 Å². The monoisotopic (exact) mass is 253 g/mol. The number of hydrogen-bond donors (Lipinski definition) is 1. The lowest BCUT2D eigenvalue weighted by Gasteiger charge is -2.19. The third-order valence-electron chi connectivity index (χ3n) is 3.73. The largest absolute Gasteiger partial charge is 0.508 e. The molecule has 1 unspecified atom stereocenters. The van der Waals surface area contributed by atoms with Gasteiger partial charge in [0, 0.05) is 23.7 Å². The summed E-state index contributed by atoms with van der Waals surface area (Å²) in [6, 6.07) is 5.33. The van der Waals surface area contributed by atoms with Crippen molar-refractivity contribution in [2.24, 2.45) is 11.8 Å². The molecule has 2 nitrogen and oxygen atoms in total. The van der Waals surface area contributed by atoms with Gasteiger partial charge in [0.15, 0.2) is 0 Å².